The molecular formula is C23H30F4O. The van der Waals surface area contributed by atoms with Gasteiger partial charge in [-0.05, 0) is 61.6 Å². The Labute approximate surface area is 165 Å². The molecule has 0 saturated carbocycles. The van der Waals surface area contributed by atoms with E-state index in [1.807, 2.05) is 6.92 Å². The zero-order valence-corrected chi connectivity index (χ0v) is 17.2. The van der Waals surface area contributed by atoms with Crippen LogP contribution >= 0.6 is 0 Å². The Morgan fingerprint density at radius 1 is 1.00 bits per heavy atom. The lowest BCUT2D eigenvalue weighted by Gasteiger charge is -2.18. The minimum atomic E-state index is -1.12. The van der Waals surface area contributed by atoms with Crippen molar-refractivity contribution in [1.82, 2.24) is 0 Å². The van der Waals surface area contributed by atoms with E-state index >= 15 is 0 Å². The van der Waals surface area contributed by atoms with Crippen LogP contribution in [0.25, 0.3) is 0 Å². The van der Waals surface area contributed by atoms with Crippen LogP contribution in [0.3, 0.4) is 0 Å². The molecule has 0 aliphatic carbocycles. The summed E-state index contributed by atoms with van der Waals surface area (Å²) in [6.07, 6.45) is 2.44. The Morgan fingerprint density at radius 3 is 2.25 bits per heavy atom. The number of rotatable bonds is 11. The van der Waals surface area contributed by atoms with E-state index in [-0.39, 0.29) is 35.3 Å². The van der Waals surface area contributed by atoms with Crippen LogP contribution in [-0.2, 0) is 11.2 Å². The first kappa shape index (κ1) is 24.0. The lowest BCUT2D eigenvalue weighted by atomic mass is 9.89. The van der Waals surface area contributed by atoms with Crippen molar-refractivity contribution in [2.75, 3.05) is 6.61 Å². The van der Waals surface area contributed by atoms with E-state index in [0.29, 0.717) is 24.8 Å². The van der Waals surface area contributed by atoms with Crippen LogP contribution in [0.15, 0.2) is 48.3 Å². The molecule has 2 unspecified atom stereocenters. The predicted octanol–water partition coefficient (Wildman–Crippen LogP) is 7.52. The standard InChI is InChI=1S/C23H30F4O/c1-7-28-18(6)22(26)21(25)17(5)15(3)10-8-14(2)9-12-19-13-11-16(4)20(24)23(19)27/h11,13-15H,5-10,12H2,1-4H3/b22-21-. The lowest BCUT2D eigenvalue weighted by Crippen LogP contribution is -2.06. The summed E-state index contributed by atoms with van der Waals surface area (Å²) in [6.45, 7) is 14.2. The Balaban J connectivity index is 2.57. The number of hydrogen-bond acceptors (Lipinski definition) is 1. The number of benzene rings is 1. The van der Waals surface area contributed by atoms with Gasteiger partial charge in [0.15, 0.2) is 29.0 Å². The largest absolute Gasteiger partial charge is 0.491 e. The van der Waals surface area contributed by atoms with Crippen LogP contribution in [0.5, 0.6) is 0 Å². The summed E-state index contributed by atoms with van der Waals surface area (Å²) in [7, 11) is 0. The number of allylic oxidation sites excluding steroid dienone is 3. The van der Waals surface area contributed by atoms with E-state index < -0.39 is 23.3 Å². The van der Waals surface area contributed by atoms with E-state index in [4.69, 9.17) is 4.74 Å². The molecule has 0 heterocycles. The fourth-order valence-corrected chi connectivity index (χ4v) is 2.85. The molecule has 1 nitrogen and oxygen atoms in total. The van der Waals surface area contributed by atoms with Gasteiger partial charge in [-0.15, -0.1) is 0 Å². The summed E-state index contributed by atoms with van der Waals surface area (Å²) in [5.74, 6) is -4.13. The third-order valence-electron chi connectivity index (χ3n) is 4.99. The van der Waals surface area contributed by atoms with E-state index in [2.05, 4.69) is 13.2 Å². The first-order valence-corrected chi connectivity index (χ1v) is 9.60. The van der Waals surface area contributed by atoms with Crippen molar-refractivity contribution in [2.45, 2.75) is 53.4 Å². The Hall–Kier alpha value is -2.04. The van der Waals surface area contributed by atoms with E-state index in [0.717, 1.165) is 6.42 Å². The monoisotopic (exact) mass is 398 g/mol. The normalized spacial score (nSPS) is 14.3. The second-order valence-electron chi connectivity index (χ2n) is 7.30. The van der Waals surface area contributed by atoms with Crippen LogP contribution in [0, 0.1) is 30.4 Å². The van der Waals surface area contributed by atoms with Gasteiger partial charge in [0.1, 0.15) is 0 Å². The maximum Gasteiger partial charge on any atom is 0.200 e. The topological polar surface area (TPSA) is 9.23 Å². The van der Waals surface area contributed by atoms with Crippen molar-refractivity contribution in [3.8, 4) is 0 Å². The molecule has 2 atom stereocenters. The van der Waals surface area contributed by atoms with Crippen molar-refractivity contribution in [1.29, 1.82) is 0 Å². The summed E-state index contributed by atoms with van der Waals surface area (Å²) in [6, 6.07) is 3.18. The minimum absolute atomic E-state index is 0.0669. The van der Waals surface area contributed by atoms with E-state index in [1.165, 1.54) is 6.92 Å². The molecule has 0 aliphatic rings. The number of aryl methyl sites for hydroxylation is 2. The number of halogens is 4. The van der Waals surface area contributed by atoms with Gasteiger partial charge in [-0.3, -0.25) is 0 Å². The van der Waals surface area contributed by atoms with Crippen molar-refractivity contribution >= 4 is 0 Å². The third-order valence-corrected chi connectivity index (χ3v) is 4.99. The first-order chi connectivity index (χ1) is 13.1. The fourth-order valence-electron chi connectivity index (χ4n) is 2.85. The second kappa shape index (κ2) is 11.1. The van der Waals surface area contributed by atoms with Gasteiger partial charge in [0.25, 0.3) is 0 Å². The van der Waals surface area contributed by atoms with Gasteiger partial charge in [-0.2, -0.15) is 4.39 Å². The van der Waals surface area contributed by atoms with Gasteiger partial charge in [0.2, 0.25) is 0 Å². The lowest BCUT2D eigenvalue weighted by molar-refractivity contribution is 0.223. The zero-order valence-electron chi connectivity index (χ0n) is 17.2. The summed E-state index contributed by atoms with van der Waals surface area (Å²) in [5, 5.41) is 0. The fraction of sp³-hybridized carbons (Fsp3) is 0.478. The van der Waals surface area contributed by atoms with E-state index in [9.17, 15) is 17.6 Å². The highest BCUT2D eigenvalue weighted by Crippen LogP contribution is 2.30. The van der Waals surface area contributed by atoms with Gasteiger partial charge in [0.05, 0.1) is 6.61 Å². The van der Waals surface area contributed by atoms with Gasteiger partial charge in [-0.25, -0.2) is 13.2 Å². The van der Waals surface area contributed by atoms with Gasteiger partial charge in [-0.1, -0.05) is 45.6 Å². The maximum atomic E-state index is 14.2. The van der Waals surface area contributed by atoms with Crippen molar-refractivity contribution < 1.29 is 22.3 Å². The highest BCUT2D eigenvalue weighted by molar-refractivity contribution is 5.33. The number of ether oxygens (including phenoxy) is 1. The van der Waals surface area contributed by atoms with Crippen molar-refractivity contribution in [3.63, 3.8) is 0 Å². The predicted molar refractivity (Wildman–Crippen MR) is 106 cm³/mol. The van der Waals surface area contributed by atoms with Gasteiger partial charge in [0, 0.05) is 0 Å². The molecule has 0 spiro atoms. The molecule has 28 heavy (non-hydrogen) atoms. The molecule has 156 valence electrons. The maximum absolute atomic E-state index is 14.2. The molecule has 0 N–H and O–H groups in total. The highest BCUT2D eigenvalue weighted by atomic mass is 19.2. The van der Waals surface area contributed by atoms with Crippen molar-refractivity contribution in [2.24, 2.45) is 11.8 Å². The summed E-state index contributed by atoms with van der Waals surface area (Å²) < 4.78 is 60.6. The molecule has 0 radical (unpaired) electrons. The molecule has 1 aromatic rings. The SMILES string of the molecule is C=C(OCC)/C(F)=C(/F)C(=C)C(C)CCC(C)CCc1ccc(C)c(F)c1F. The van der Waals surface area contributed by atoms with Crippen LogP contribution in [-0.4, -0.2) is 6.61 Å². The number of hydrogen-bond donors (Lipinski definition) is 0. The average Bonchev–Trinajstić information content (AvgIpc) is 2.68. The highest BCUT2D eigenvalue weighted by Gasteiger charge is 2.19. The molecular weight excluding hydrogens is 368 g/mol. The molecule has 0 fully saturated rings. The molecule has 0 aliphatic heterocycles. The molecule has 1 rings (SSSR count). The summed E-state index contributed by atoms with van der Waals surface area (Å²) in [4.78, 5) is 0. The minimum Gasteiger partial charge on any atom is -0.491 e. The van der Waals surface area contributed by atoms with Crippen LogP contribution in [0.2, 0.25) is 0 Å². The summed E-state index contributed by atoms with van der Waals surface area (Å²) in [5.41, 5.74) is 0.714. The first-order valence-electron chi connectivity index (χ1n) is 9.60. The molecule has 0 amide bonds. The van der Waals surface area contributed by atoms with Crippen LogP contribution in [0.1, 0.15) is 51.2 Å². The smallest absolute Gasteiger partial charge is 0.200 e. The molecule has 5 heteroatoms. The van der Waals surface area contributed by atoms with Crippen LogP contribution in [0.4, 0.5) is 17.6 Å². The Morgan fingerprint density at radius 2 is 1.64 bits per heavy atom. The average molecular weight is 398 g/mol. The van der Waals surface area contributed by atoms with E-state index in [1.54, 1.807) is 26.0 Å². The van der Waals surface area contributed by atoms with Crippen LogP contribution < -0.4 is 0 Å². The zero-order chi connectivity index (χ0) is 21.4. The molecule has 0 bridgehead atoms. The van der Waals surface area contributed by atoms with Gasteiger partial charge < -0.3 is 4.74 Å². The molecule has 1 aromatic carbocycles. The third kappa shape index (κ3) is 6.54. The summed E-state index contributed by atoms with van der Waals surface area (Å²) >= 11 is 0. The Kier molecular flexibility index (Phi) is 9.50. The van der Waals surface area contributed by atoms with Crippen molar-refractivity contribution in [3.05, 3.63) is 71.0 Å². The molecule has 0 aromatic heterocycles. The molecule has 0 saturated heterocycles. The second-order valence-corrected chi connectivity index (χ2v) is 7.30. The Bertz CT molecular complexity index is 736. The quantitative estimate of drug-likeness (QED) is 0.213. The van der Waals surface area contributed by atoms with Gasteiger partial charge >= 0.3 is 0 Å².